The van der Waals surface area contributed by atoms with E-state index >= 15 is 0 Å². The first-order valence-corrected chi connectivity index (χ1v) is 12.3. The molecule has 1 saturated carbocycles. The first-order valence-electron chi connectivity index (χ1n) is 10.8. The van der Waals surface area contributed by atoms with E-state index in [4.69, 9.17) is 4.74 Å². The minimum atomic E-state index is -3.53. The zero-order valence-electron chi connectivity index (χ0n) is 18.8. The third-order valence-corrected chi connectivity index (χ3v) is 6.69. The topological polar surface area (TPSA) is 122 Å². The summed E-state index contributed by atoms with van der Waals surface area (Å²) in [5.41, 5.74) is 1.69. The third kappa shape index (κ3) is 6.64. The second-order valence-electron chi connectivity index (χ2n) is 8.60. The van der Waals surface area contributed by atoms with Crippen LogP contribution in [0.25, 0.3) is 0 Å². The van der Waals surface area contributed by atoms with Gasteiger partial charge in [0.05, 0.1) is 4.90 Å². The lowest BCUT2D eigenvalue weighted by molar-refractivity contribution is 0.0982. The third-order valence-electron chi connectivity index (χ3n) is 5.02. The van der Waals surface area contributed by atoms with Crippen molar-refractivity contribution in [3.05, 3.63) is 42.2 Å². The SMILES string of the molecule is CC(C)NC(=O)O[C@H]1CC[C@@H](c2cnc(Nc3ccc(S(=O)(=O)NC(C)C)cc3)nc2)C1. The van der Waals surface area contributed by atoms with Gasteiger partial charge in [-0.1, -0.05) is 0 Å². The molecule has 1 fully saturated rings. The summed E-state index contributed by atoms with van der Waals surface area (Å²) in [6, 6.07) is 6.29. The molecule has 1 aliphatic carbocycles. The molecule has 0 radical (unpaired) electrons. The van der Waals surface area contributed by atoms with E-state index in [-0.39, 0.29) is 35.1 Å². The molecule has 174 valence electrons. The number of nitrogens with one attached hydrogen (secondary N) is 3. The van der Waals surface area contributed by atoms with Gasteiger partial charge >= 0.3 is 6.09 Å². The summed E-state index contributed by atoms with van der Waals surface area (Å²) < 4.78 is 32.5. The van der Waals surface area contributed by atoms with Gasteiger partial charge in [-0.05, 0) is 82.7 Å². The Morgan fingerprint density at radius 1 is 1.03 bits per heavy atom. The van der Waals surface area contributed by atoms with Gasteiger partial charge < -0.3 is 15.4 Å². The summed E-state index contributed by atoms with van der Waals surface area (Å²) in [4.78, 5) is 20.8. The molecule has 0 bridgehead atoms. The van der Waals surface area contributed by atoms with Gasteiger partial charge in [-0.15, -0.1) is 0 Å². The van der Waals surface area contributed by atoms with Gasteiger partial charge in [-0.2, -0.15) is 0 Å². The lowest BCUT2D eigenvalue weighted by Crippen LogP contribution is -2.33. The van der Waals surface area contributed by atoms with Crippen LogP contribution in [0.4, 0.5) is 16.4 Å². The van der Waals surface area contributed by atoms with Crippen LogP contribution < -0.4 is 15.4 Å². The average molecular weight is 462 g/mol. The average Bonchev–Trinajstić information content (AvgIpc) is 3.15. The van der Waals surface area contributed by atoms with Gasteiger partial charge in [0.1, 0.15) is 6.10 Å². The number of amides is 1. The normalized spacial score (nSPS) is 18.7. The fourth-order valence-electron chi connectivity index (χ4n) is 3.61. The Hall–Kier alpha value is -2.72. The highest BCUT2D eigenvalue weighted by molar-refractivity contribution is 7.89. The molecule has 0 spiro atoms. The summed E-state index contributed by atoms with van der Waals surface area (Å²) in [6.45, 7) is 7.34. The van der Waals surface area contributed by atoms with Crippen LogP contribution in [-0.2, 0) is 14.8 Å². The van der Waals surface area contributed by atoms with E-state index in [0.29, 0.717) is 11.6 Å². The fraction of sp³-hybridized carbons (Fsp3) is 0.500. The molecular formula is C22H31N5O4S. The molecule has 1 heterocycles. The van der Waals surface area contributed by atoms with Gasteiger partial charge in [0.2, 0.25) is 16.0 Å². The number of nitrogens with zero attached hydrogens (tertiary/aromatic N) is 2. The Morgan fingerprint density at radius 3 is 2.28 bits per heavy atom. The zero-order valence-corrected chi connectivity index (χ0v) is 19.6. The van der Waals surface area contributed by atoms with Crippen LogP contribution in [0.15, 0.2) is 41.6 Å². The lowest BCUT2D eigenvalue weighted by atomic mass is 10.0. The van der Waals surface area contributed by atoms with Crippen LogP contribution in [0.2, 0.25) is 0 Å². The monoisotopic (exact) mass is 461 g/mol. The van der Waals surface area contributed by atoms with Crippen LogP contribution in [0, 0.1) is 0 Å². The highest BCUT2D eigenvalue weighted by atomic mass is 32.2. The van der Waals surface area contributed by atoms with Crippen molar-refractivity contribution in [3.63, 3.8) is 0 Å². The van der Waals surface area contributed by atoms with Crippen molar-refractivity contribution in [2.75, 3.05) is 5.32 Å². The maximum Gasteiger partial charge on any atom is 0.407 e. The van der Waals surface area contributed by atoms with Gasteiger partial charge in [0, 0.05) is 30.2 Å². The number of carbonyl (C=O) groups excluding carboxylic acids is 1. The Balaban J connectivity index is 1.56. The van der Waals surface area contributed by atoms with Gasteiger partial charge in [-0.3, -0.25) is 0 Å². The van der Waals surface area contributed by atoms with Crippen LogP contribution in [0.5, 0.6) is 0 Å². The standard InChI is InChI=1S/C22H31N5O4S/c1-14(2)25-22(28)31-19-8-5-16(11-19)17-12-23-21(24-13-17)26-18-6-9-20(10-7-18)32(29,30)27-15(3)4/h6-7,9-10,12-16,19,27H,5,8,11H2,1-4H3,(H,25,28)(H,23,24,26)/t16-,19+/m1/s1. The summed E-state index contributed by atoms with van der Waals surface area (Å²) in [5, 5.41) is 5.82. The van der Waals surface area contributed by atoms with Crippen molar-refractivity contribution in [3.8, 4) is 0 Å². The number of ether oxygens (including phenoxy) is 1. The molecule has 3 N–H and O–H groups in total. The van der Waals surface area contributed by atoms with E-state index in [2.05, 4.69) is 25.3 Å². The predicted molar refractivity (Wildman–Crippen MR) is 122 cm³/mol. The van der Waals surface area contributed by atoms with E-state index in [1.54, 1.807) is 38.4 Å². The number of hydrogen-bond acceptors (Lipinski definition) is 7. The smallest absolute Gasteiger partial charge is 0.407 e. The Morgan fingerprint density at radius 2 is 1.69 bits per heavy atom. The molecule has 0 saturated heterocycles. The van der Waals surface area contributed by atoms with Crippen molar-refractivity contribution in [2.24, 2.45) is 0 Å². The maximum atomic E-state index is 12.2. The highest BCUT2D eigenvalue weighted by Crippen LogP contribution is 2.35. The van der Waals surface area contributed by atoms with E-state index in [9.17, 15) is 13.2 Å². The molecule has 3 rings (SSSR count). The molecule has 1 aromatic carbocycles. The van der Waals surface area contributed by atoms with Crippen molar-refractivity contribution in [2.45, 2.75) is 76.0 Å². The quantitative estimate of drug-likeness (QED) is 0.548. The van der Waals surface area contributed by atoms with Crippen LogP contribution in [0.1, 0.15) is 58.4 Å². The number of alkyl carbamates (subject to hydrolysis) is 1. The number of anilines is 2. The van der Waals surface area contributed by atoms with Gasteiger partial charge in [0.25, 0.3) is 0 Å². The Kier molecular flexibility index (Phi) is 7.68. The van der Waals surface area contributed by atoms with E-state index in [0.717, 1.165) is 24.8 Å². The zero-order chi connectivity index (χ0) is 23.3. The van der Waals surface area contributed by atoms with E-state index < -0.39 is 10.0 Å². The highest BCUT2D eigenvalue weighted by Gasteiger charge is 2.29. The number of benzene rings is 1. The molecular weight excluding hydrogens is 430 g/mol. The molecule has 1 amide bonds. The number of carbonyl (C=O) groups is 1. The molecule has 10 heteroatoms. The van der Waals surface area contributed by atoms with Gasteiger partial charge in [0.15, 0.2) is 0 Å². The number of hydrogen-bond donors (Lipinski definition) is 3. The minimum Gasteiger partial charge on any atom is -0.446 e. The number of sulfonamides is 1. The van der Waals surface area contributed by atoms with Crippen molar-refractivity contribution >= 4 is 27.8 Å². The molecule has 1 aliphatic rings. The van der Waals surface area contributed by atoms with E-state index in [1.165, 1.54) is 12.1 Å². The molecule has 1 aromatic heterocycles. The molecule has 9 nitrogen and oxygen atoms in total. The molecule has 32 heavy (non-hydrogen) atoms. The number of rotatable bonds is 8. The second-order valence-corrected chi connectivity index (χ2v) is 10.3. The molecule has 2 atom stereocenters. The van der Waals surface area contributed by atoms with Crippen molar-refractivity contribution in [1.82, 2.24) is 20.0 Å². The first-order chi connectivity index (χ1) is 15.1. The number of aromatic nitrogens is 2. The maximum absolute atomic E-state index is 12.2. The first kappa shape index (κ1) is 23.9. The Labute approximate surface area is 189 Å². The van der Waals surface area contributed by atoms with Crippen LogP contribution in [0.3, 0.4) is 0 Å². The molecule has 2 aromatic rings. The summed E-state index contributed by atoms with van der Waals surface area (Å²) >= 11 is 0. The molecule has 0 unspecified atom stereocenters. The predicted octanol–water partition coefficient (Wildman–Crippen LogP) is 3.68. The largest absolute Gasteiger partial charge is 0.446 e. The summed E-state index contributed by atoms with van der Waals surface area (Å²) in [6.07, 6.45) is 5.57. The second kappa shape index (κ2) is 10.3. The lowest BCUT2D eigenvalue weighted by Gasteiger charge is -2.15. The fourth-order valence-corrected chi connectivity index (χ4v) is 4.86. The minimum absolute atomic E-state index is 0.0467. The van der Waals surface area contributed by atoms with Crippen molar-refractivity contribution in [1.29, 1.82) is 0 Å². The van der Waals surface area contributed by atoms with Gasteiger partial charge in [-0.25, -0.2) is 27.9 Å². The molecule has 0 aliphatic heterocycles. The summed E-state index contributed by atoms with van der Waals surface area (Å²) in [5.74, 6) is 0.672. The van der Waals surface area contributed by atoms with E-state index in [1.807, 2.05) is 13.8 Å². The summed E-state index contributed by atoms with van der Waals surface area (Å²) in [7, 11) is -3.53. The Bertz CT molecular complexity index is 1010. The van der Waals surface area contributed by atoms with Crippen LogP contribution in [-0.4, -0.2) is 42.7 Å². The van der Waals surface area contributed by atoms with Crippen molar-refractivity contribution < 1.29 is 17.9 Å². The van der Waals surface area contributed by atoms with Crippen LogP contribution >= 0.6 is 0 Å².